The van der Waals surface area contributed by atoms with E-state index in [4.69, 9.17) is 16.9 Å². The van der Waals surface area contributed by atoms with Crippen LogP contribution in [0.5, 0.6) is 11.5 Å². The first-order valence-corrected chi connectivity index (χ1v) is 5.21. The summed E-state index contributed by atoms with van der Waals surface area (Å²) in [4.78, 5) is 0. The molecule has 0 unspecified atom stereocenters. The van der Waals surface area contributed by atoms with Crippen molar-refractivity contribution in [2.24, 2.45) is 0 Å². The fourth-order valence-corrected chi connectivity index (χ4v) is 1.75. The molecule has 0 saturated heterocycles. The molecular formula is C13H8ClNO2. The first-order valence-electron chi connectivity index (χ1n) is 4.84. The molecule has 0 heterocycles. The minimum absolute atomic E-state index is 0.0764. The summed E-state index contributed by atoms with van der Waals surface area (Å²) in [5.74, 6) is 0.0171. The summed E-state index contributed by atoms with van der Waals surface area (Å²) in [6.07, 6.45) is 0. The highest BCUT2D eigenvalue weighted by atomic mass is 35.5. The quantitative estimate of drug-likeness (QED) is 0.810. The Balaban J connectivity index is 2.61. The molecule has 0 spiro atoms. The number of nitriles is 1. The lowest BCUT2D eigenvalue weighted by molar-refractivity contribution is 0.473. The number of phenols is 2. The zero-order valence-corrected chi connectivity index (χ0v) is 9.44. The lowest BCUT2D eigenvalue weighted by atomic mass is 10.0. The fraction of sp³-hybridized carbons (Fsp3) is 0. The average Bonchev–Trinajstić information content (AvgIpc) is 2.33. The monoisotopic (exact) mass is 245 g/mol. The fourth-order valence-electron chi connectivity index (χ4n) is 1.53. The number of phenolic OH excluding ortho intramolecular Hbond substituents is 2. The second-order valence-electron chi connectivity index (χ2n) is 3.51. The van der Waals surface area contributed by atoms with Crippen LogP contribution < -0.4 is 0 Å². The summed E-state index contributed by atoms with van der Waals surface area (Å²) in [7, 11) is 0. The van der Waals surface area contributed by atoms with Gasteiger partial charge in [0, 0.05) is 10.6 Å². The maximum atomic E-state index is 9.41. The smallest absolute Gasteiger partial charge is 0.133 e. The SMILES string of the molecule is N#Cc1cc(-c2cc(O)ccc2Cl)ccc1O. The zero-order valence-electron chi connectivity index (χ0n) is 8.68. The van der Waals surface area contributed by atoms with E-state index < -0.39 is 0 Å². The molecule has 0 radical (unpaired) electrons. The van der Waals surface area contributed by atoms with Crippen LogP contribution in [0.3, 0.4) is 0 Å². The molecule has 0 aliphatic rings. The molecule has 0 amide bonds. The third-order valence-electron chi connectivity index (χ3n) is 2.38. The van der Waals surface area contributed by atoms with Crippen LogP contribution in [0.1, 0.15) is 5.56 Å². The summed E-state index contributed by atoms with van der Waals surface area (Å²) < 4.78 is 0. The summed E-state index contributed by atoms with van der Waals surface area (Å²) in [6.45, 7) is 0. The highest BCUT2D eigenvalue weighted by Gasteiger charge is 2.08. The van der Waals surface area contributed by atoms with Crippen LogP contribution in [0.25, 0.3) is 11.1 Å². The second kappa shape index (κ2) is 4.36. The normalized spacial score (nSPS) is 9.88. The van der Waals surface area contributed by atoms with E-state index in [-0.39, 0.29) is 17.1 Å². The van der Waals surface area contributed by atoms with Crippen molar-refractivity contribution < 1.29 is 10.2 Å². The average molecular weight is 246 g/mol. The van der Waals surface area contributed by atoms with Gasteiger partial charge in [0.05, 0.1) is 5.56 Å². The van der Waals surface area contributed by atoms with E-state index in [0.717, 1.165) is 0 Å². The Hall–Kier alpha value is -2.18. The molecule has 2 aromatic rings. The maximum Gasteiger partial charge on any atom is 0.133 e. The Morgan fingerprint density at radius 2 is 1.82 bits per heavy atom. The molecule has 0 aromatic heterocycles. The molecule has 0 fully saturated rings. The molecule has 4 heteroatoms. The number of benzene rings is 2. The summed E-state index contributed by atoms with van der Waals surface area (Å²) in [6, 6.07) is 11.0. The van der Waals surface area contributed by atoms with Crippen LogP contribution in [0.2, 0.25) is 5.02 Å². The van der Waals surface area contributed by atoms with Gasteiger partial charge in [0.2, 0.25) is 0 Å². The molecule has 2 aromatic carbocycles. The number of hydrogen-bond acceptors (Lipinski definition) is 3. The van der Waals surface area contributed by atoms with Gasteiger partial charge in [-0.25, -0.2) is 0 Å². The van der Waals surface area contributed by atoms with Crippen LogP contribution in [0.4, 0.5) is 0 Å². The van der Waals surface area contributed by atoms with E-state index in [9.17, 15) is 10.2 Å². The van der Waals surface area contributed by atoms with Gasteiger partial charge in [-0.3, -0.25) is 0 Å². The van der Waals surface area contributed by atoms with Crippen molar-refractivity contribution in [1.29, 1.82) is 5.26 Å². The summed E-state index contributed by atoms with van der Waals surface area (Å²) in [5.41, 5.74) is 1.45. The van der Waals surface area contributed by atoms with Gasteiger partial charge in [0.1, 0.15) is 17.6 Å². The molecule has 0 atom stereocenters. The molecule has 17 heavy (non-hydrogen) atoms. The van der Waals surface area contributed by atoms with Gasteiger partial charge in [0.25, 0.3) is 0 Å². The first-order chi connectivity index (χ1) is 8.11. The van der Waals surface area contributed by atoms with Crippen molar-refractivity contribution in [2.75, 3.05) is 0 Å². The number of nitrogens with zero attached hydrogens (tertiary/aromatic N) is 1. The molecule has 2 N–H and O–H groups in total. The molecule has 3 nitrogen and oxygen atoms in total. The Kier molecular flexibility index (Phi) is 2.90. The largest absolute Gasteiger partial charge is 0.508 e. The van der Waals surface area contributed by atoms with Gasteiger partial charge >= 0.3 is 0 Å². The number of hydrogen-bond donors (Lipinski definition) is 2. The molecule has 0 bridgehead atoms. The van der Waals surface area contributed by atoms with Gasteiger partial charge in [-0.15, -0.1) is 0 Å². The standard InChI is InChI=1S/C13H8ClNO2/c14-12-3-2-10(16)6-11(12)8-1-4-13(17)9(5-8)7-15/h1-6,16-17H. The number of rotatable bonds is 1. The van der Waals surface area contributed by atoms with E-state index in [1.807, 2.05) is 6.07 Å². The van der Waals surface area contributed by atoms with Crippen LogP contribution in [-0.4, -0.2) is 10.2 Å². The van der Waals surface area contributed by atoms with E-state index in [0.29, 0.717) is 16.1 Å². The Morgan fingerprint density at radius 3 is 2.53 bits per heavy atom. The van der Waals surface area contributed by atoms with Crippen LogP contribution in [0.15, 0.2) is 36.4 Å². The second-order valence-corrected chi connectivity index (χ2v) is 3.92. The Morgan fingerprint density at radius 1 is 1.06 bits per heavy atom. The van der Waals surface area contributed by atoms with Gasteiger partial charge in [-0.1, -0.05) is 17.7 Å². The van der Waals surface area contributed by atoms with Crippen molar-refractivity contribution in [3.05, 3.63) is 47.0 Å². The van der Waals surface area contributed by atoms with Crippen molar-refractivity contribution in [3.63, 3.8) is 0 Å². The van der Waals surface area contributed by atoms with E-state index in [1.54, 1.807) is 12.1 Å². The minimum Gasteiger partial charge on any atom is -0.508 e. The Bertz CT molecular complexity index is 617. The zero-order chi connectivity index (χ0) is 12.4. The maximum absolute atomic E-state index is 9.41. The number of halogens is 1. The van der Waals surface area contributed by atoms with Crippen molar-refractivity contribution in [2.45, 2.75) is 0 Å². The van der Waals surface area contributed by atoms with Gasteiger partial charge in [0.15, 0.2) is 0 Å². The predicted molar refractivity (Wildman–Crippen MR) is 64.9 cm³/mol. The van der Waals surface area contributed by atoms with E-state index >= 15 is 0 Å². The highest BCUT2D eigenvalue weighted by Crippen LogP contribution is 2.33. The third kappa shape index (κ3) is 2.17. The minimum atomic E-state index is -0.0764. The molecular weight excluding hydrogens is 238 g/mol. The number of aromatic hydroxyl groups is 2. The van der Waals surface area contributed by atoms with Gasteiger partial charge < -0.3 is 10.2 Å². The molecule has 84 valence electrons. The predicted octanol–water partition coefficient (Wildman–Crippen LogP) is 3.29. The molecule has 0 saturated carbocycles. The van der Waals surface area contributed by atoms with Crippen molar-refractivity contribution in [1.82, 2.24) is 0 Å². The summed E-state index contributed by atoms with van der Waals surface area (Å²) in [5, 5.41) is 28.1. The van der Waals surface area contributed by atoms with Crippen LogP contribution in [-0.2, 0) is 0 Å². The van der Waals surface area contributed by atoms with Crippen LogP contribution >= 0.6 is 11.6 Å². The van der Waals surface area contributed by atoms with Gasteiger partial charge in [-0.05, 0) is 35.9 Å². The molecule has 0 aliphatic heterocycles. The molecule has 2 rings (SSSR count). The van der Waals surface area contributed by atoms with E-state index in [2.05, 4.69) is 0 Å². The summed E-state index contributed by atoms with van der Waals surface area (Å²) >= 11 is 6.01. The topological polar surface area (TPSA) is 64.2 Å². The van der Waals surface area contributed by atoms with Crippen LogP contribution in [0, 0.1) is 11.3 Å². The Labute approximate surface area is 103 Å². The van der Waals surface area contributed by atoms with E-state index in [1.165, 1.54) is 24.3 Å². The highest BCUT2D eigenvalue weighted by molar-refractivity contribution is 6.33. The van der Waals surface area contributed by atoms with Crippen molar-refractivity contribution in [3.8, 4) is 28.7 Å². The van der Waals surface area contributed by atoms with Crippen molar-refractivity contribution >= 4 is 11.6 Å². The third-order valence-corrected chi connectivity index (χ3v) is 2.71. The first kappa shape index (κ1) is 11.3. The lowest BCUT2D eigenvalue weighted by Crippen LogP contribution is -1.83. The van der Waals surface area contributed by atoms with Gasteiger partial charge in [-0.2, -0.15) is 5.26 Å². The lowest BCUT2D eigenvalue weighted by Gasteiger charge is -2.06. The molecule has 0 aliphatic carbocycles.